The molecule has 1 amide bonds. The number of aromatic nitrogens is 2. The summed E-state index contributed by atoms with van der Waals surface area (Å²) >= 11 is 0. The van der Waals surface area contributed by atoms with E-state index < -0.39 is 0 Å². The van der Waals surface area contributed by atoms with Gasteiger partial charge in [-0.25, -0.2) is 4.68 Å². The minimum Gasteiger partial charge on any atom is -0.478 e. The number of carbonyl (C=O) groups excluding carboxylic acids is 1. The van der Waals surface area contributed by atoms with Crippen LogP contribution in [0.2, 0.25) is 0 Å². The smallest absolute Gasteiger partial charge is 0.251 e. The van der Waals surface area contributed by atoms with Crippen LogP contribution in [0.1, 0.15) is 48.2 Å². The number of benzene rings is 2. The van der Waals surface area contributed by atoms with E-state index in [0.29, 0.717) is 18.7 Å². The molecule has 3 aromatic rings. The molecule has 0 aliphatic carbocycles. The van der Waals surface area contributed by atoms with Gasteiger partial charge in [0.25, 0.3) is 5.91 Å². The van der Waals surface area contributed by atoms with Gasteiger partial charge in [-0.2, -0.15) is 5.10 Å². The van der Waals surface area contributed by atoms with Gasteiger partial charge in [-0.05, 0) is 50.5 Å². The van der Waals surface area contributed by atoms with Gasteiger partial charge in [0.1, 0.15) is 0 Å². The van der Waals surface area contributed by atoms with Gasteiger partial charge in [0.2, 0.25) is 5.88 Å². The van der Waals surface area contributed by atoms with Crippen molar-refractivity contribution in [3.63, 3.8) is 0 Å². The first kappa shape index (κ1) is 19.9. The van der Waals surface area contributed by atoms with E-state index in [9.17, 15) is 4.79 Å². The molecule has 0 spiro atoms. The molecule has 28 heavy (non-hydrogen) atoms. The van der Waals surface area contributed by atoms with Gasteiger partial charge in [0.15, 0.2) is 0 Å². The SMILES string of the molecule is CCCCn1nc2cc(C(=O)NCCc3ccc(C)cc3)ccc2c1OCC. The van der Waals surface area contributed by atoms with E-state index >= 15 is 0 Å². The monoisotopic (exact) mass is 379 g/mol. The number of carbonyl (C=O) groups is 1. The molecule has 1 N–H and O–H groups in total. The molecule has 0 saturated carbocycles. The Morgan fingerprint density at radius 1 is 1.14 bits per heavy atom. The Bertz CT molecular complexity index is 929. The van der Waals surface area contributed by atoms with Gasteiger partial charge in [-0.15, -0.1) is 0 Å². The number of nitrogens with zero attached hydrogens (tertiary/aromatic N) is 2. The molecule has 0 bridgehead atoms. The van der Waals surface area contributed by atoms with Crippen LogP contribution in [0.4, 0.5) is 0 Å². The van der Waals surface area contributed by atoms with E-state index in [1.165, 1.54) is 11.1 Å². The lowest BCUT2D eigenvalue weighted by Gasteiger charge is -2.07. The van der Waals surface area contributed by atoms with Crippen molar-refractivity contribution in [2.24, 2.45) is 0 Å². The Morgan fingerprint density at radius 3 is 2.64 bits per heavy atom. The summed E-state index contributed by atoms with van der Waals surface area (Å²) in [4.78, 5) is 12.5. The number of rotatable bonds is 9. The highest BCUT2D eigenvalue weighted by Crippen LogP contribution is 2.27. The van der Waals surface area contributed by atoms with Crippen LogP contribution in [0, 0.1) is 6.92 Å². The molecule has 3 rings (SSSR count). The zero-order chi connectivity index (χ0) is 19.9. The Labute approximate surface area is 166 Å². The fraction of sp³-hybridized carbons (Fsp3) is 0.391. The van der Waals surface area contributed by atoms with Crippen molar-refractivity contribution in [1.29, 1.82) is 0 Å². The van der Waals surface area contributed by atoms with Crippen molar-refractivity contribution in [3.05, 3.63) is 59.2 Å². The number of ether oxygens (including phenoxy) is 1. The first-order valence-electron chi connectivity index (χ1n) is 10.1. The van der Waals surface area contributed by atoms with Gasteiger partial charge < -0.3 is 10.1 Å². The molecule has 0 unspecified atom stereocenters. The van der Waals surface area contributed by atoms with Crippen LogP contribution < -0.4 is 10.1 Å². The highest BCUT2D eigenvalue weighted by Gasteiger charge is 2.14. The summed E-state index contributed by atoms with van der Waals surface area (Å²) in [6.07, 6.45) is 2.95. The number of aryl methyl sites for hydroxylation is 2. The molecule has 0 saturated heterocycles. The van der Waals surface area contributed by atoms with E-state index in [2.05, 4.69) is 48.5 Å². The Balaban J connectivity index is 1.69. The maximum Gasteiger partial charge on any atom is 0.251 e. The first-order chi connectivity index (χ1) is 13.6. The topological polar surface area (TPSA) is 56.2 Å². The van der Waals surface area contributed by atoms with Crippen LogP contribution >= 0.6 is 0 Å². The lowest BCUT2D eigenvalue weighted by atomic mass is 10.1. The molecule has 0 aliphatic heterocycles. The molecule has 5 nitrogen and oxygen atoms in total. The number of nitrogens with one attached hydrogen (secondary N) is 1. The molecule has 0 radical (unpaired) electrons. The first-order valence-corrected chi connectivity index (χ1v) is 10.1. The summed E-state index contributed by atoms with van der Waals surface area (Å²) in [5, 5.41) is 8.62. The van der Waals surface area contributed by atoms with E-state index in [0.717, 1.165) is 42.6 Å². The minimum atomic E-state index is -0.0740. The Kier molecular flexibility index (Phi) is 6.69. The van der Waals surface area contributed by atoms with Crippen molar-refractivity contribution < 1.29 is 9.53 Å². The third-order valence-electron chi connectivity index (χ3n) is 4.78. The summed E-state index contributed by atoms with van der Waals surface area (Å²) in [6.45, 7) is 8.21. The Morgan fingerprint density at radius 2 is 1.93 bits per heavy atom. The lowest BCUT2D eigenvalue weighted by Crippen LogP contribution is -2.25. The van der Waals surface area contributed by atoms with Crippen LogP contribution in [0.15, 0.2) is 42.5 Å². The van der Waals surface area contributed by atoms with E-state index in [1.807, 2.05) is 29.8 Å². The quantitative estimate of drug-likeness (QED) is 0.595. The van der Waals surface area contributed by atoms with Crippen molar-refractivity contribution in [3.8, 4) is 5.88 Å². The predicted octanol–water partition coefficient (Wildman–Crippen LogP) is 4.52. The number of fused-ring (bicyclic) bond motifs is 1. The molecule has 148 valence electrons. The highest BCUT2D eigenvalue weighted by atomic mass is 16.5. The average Bonchev–Trinajstić information content (AvgIpc) is 3.05. The molecular weight excluding hydrogens is 350 g/mol. The summed E-state index contributed by atoms with van der Waals surface area (Å²) in [6, 6.07) is 14.0. The van der Waals surface area contributed by atoms with Crippen LogP contribution in [0.25, 0.3) is 10.9 Å². The zero-order valence-corrected chi connectivity index (χ0v) is 17.0. The van der Waals surface area contributed by atoms with Gasteiger partial charge in [0.05, 0.1) is 17.5 Å². The summed E-state index contributed by atoms with van der Waals surface area (Å²) in [5.74, 6) is 0.715. The molecule has 1 heterocycles. The molecular formula is C23H29N3O2. The van der Waals surface area contributed by atoms with E-state index in [4.69, 9.17) is 4.74 Å². The fourth-order valence-electron chi connectivity index (χ4n) is 3.18. The summed E-state index contributed by atoms with van der Waals surface area (Å²) in [5.41, 5.74) is 3.88. The number of unbranched alkanes of at least 4 members (excludes halogenated alkanes) is 1. The summed E-state index contributed by atoms with van der Waals surface area (Å²) < 4.78 is 7.72. The largest absolute Gasteiger partial charge is 0.478 e. The number of amides is 1. The second-order valence-corrected chi connectivity index (χ2v) is 7.04. The minimum absolute atomic E-state index is 0.0740. The van der Waals surface area contributed by atoms with Gasteiger partial charge in [0, 0.05) is 18.7 Å². The molecule has 5 heteroatoms. The number of hydrogen-bond acceptors (Lipinski definition) is 3. The molecule has 0 fully saturated rings. The van der Waals surface area contributed by atoms with Crippen LogP contribution in [0.3, 0.4) is 0 Å². The maximum absolute atomic E-state index is 12.5. The summed E-state index contributed by atoms with van der Waals surface area (Å²) in [7, 11) is 0. The molecule has 2 aromatic carbocycles. The molecule has 0 aliphatic rings. The second kappa shape index (κ2) is 9.40. The second-order valence-electron chi connectivity index (χ2n) is 7.04. The lowest BCUT2D eigenvalue weighted by molar-refractivity contribution is 0.0954. The average molecular weight is 380 g/mol. The highest BCUT2D eigenvalue weighted by molar-refractivity contribution is 5.98. The van der Waals surface area contributed by atoms with Crippen LogP contribution in [0.5, 0.6) is 5.88 Å². The fourth-order valence-corrected chi connectivity index (χ4v) is 3.18. The van der Waals surface area contributed by atoms with Crippen molar-refractivity contribution in [1.82, 2.24) is 15.1 Å². The zero-order valence-electron chi connectivity index (χ0n) is 17.0. The van der Waals surface area contributed by atoms with Gasteiger partial charge in [-0.3, -0.25) is 4.79 Å². The van der Waals surface area contributed by atoms with Crippen molar-refractivity contribution in [2.75, 3.05) is 13.2 Å². The van der Waals surface area contributed by atoms with E-state index in [-0.39, 0.29) is 5.91 Å². The molecule has 1 aromatic heterocycles. The normalized spacial score (nSPS) is 11.0. The molecule has 0 atom stereocenters. The third kappa shape index (κ3) is 4.71. The Hall–Kier alpha value is -2.82. The van der Waals surface area contributed by atoms with Gasteiger partial charge >= 0.3 is 0 Å². The van der Waals surface area contributed by atoms with Crippen LogP contribution in [-0.4, -0.2) is 28.8 Å². The van der Waals surface area contributed by atoms with Gasteiger partial charge in [-0.1, -0.05) is 43.2 Å². The van der Waals surface area contributed by atoms with Crippen molar-refractivity contribution >= 4 is 16.8 Å². The number of hydrogen-bond donors (Lipinski definition) is 1. The van der Waals surface area contributed by atoms with Crippen molar-refractivity contribution in [2.45, 2.75) is 46.6 Å². The standard InChI is InChI=1S/C23H29N3O2/c1-4-6-15-26-23(28-5-2)20-12-11-19(16-21(20)25-26)22(27)24-14-13-18-9-7-17(3)8-10-18/h7-12,16H,4-6,13-15H2,1-3H3,(H,24,27). The van der Waals surface area contributed by atoms with Crippen LogP contribution in [-0.2, 0) is 13.0 Å². The van der Waals surface area contributed by atoms with E-state index in [1.54, 1.807) is 0 Å². The third-order valence-corrected chi connectivity index (χ3v) is 4.78. The predicted molar refractivity (Wildman–Crippen MR) is 113 cm³/mol. The maximum atomic E-state index is 12.5.